The normalized spacial score (nSPS) is 21.9. The molecule has 2 amide bonds. The zero-order chi connectivity index (χ0) is 19.3. The van der Waals surface area contributed by atoms with Gasteiger partial charge in [0.15, 0.2) is 0 Å². The second-order valence-corrected chi connectivity index (χ2v) is 8.34. The van der Waals surface area contributed by atoms with Crippen LogP contribution < -0.4 is 10.6 Å². The average molecular weight is 378 g/mol. The third kappa shape index (κ3) is 4.93. The monoisotopic (exact) mass is 377 g/mol. The first-order valence-electron chi connectivity index (χ1n) is 10.6. The van der Waals surface area contributed by atoms with Gasteiger partial charge in [-0.05, 0) is 74.2 Å². The van der Waals surface area contributed by atoms with Crippen molar-refractivity contribution in [3.63, 3.8) is 0 Å². The minimum Gasteiger partial charge on any atom is -0.325 e. The number of benzene rings is 2. The van der Waals surface area contributed by atoms with Gasteiger partial charge in [0, 0.05) is 24.8 Å². The van der Waals surface area contributed by atoms with Crippen molar-refractivity contribution in [2.24, 2.45) is 5.92 Å². The molecule has 28 heavy (non-hydrogen) atoms. The Balaban J connectivity index is 1.26. The molecular weight excluding hydrogens is 346 g/mol. The molecule has 4 heteroatoms. The Morgan fingerprint density at radius 3 is 2.18 bits per heavy atom. The van der Waals surface area contributed by atoms with Crippen LogP contribution in [0, 0.1) is 5.92 Å². The summed E-state index contributed by atoms with van der Waals surface area (Å²) in [5.41, 5.74) is 3.19. The molecule has 4 rings (SSSR count). The highest BCUT2D eigenvalue weighted by Gasteiger charge is 2.28. The van der Waals surface area contributed by atoms with Gasteiger partial charge in [0.25, 0.3) is 0 Å². The van der Waals surface area contributed by atoms with E-state index in [2.05, 4.69) is 34.9 Å². The van der Waals surface area contributed by atoms with Crippen molar-refractivity contribution >= 4 is 11.7 Å². The van der Waals surface area contributed by atoms with Crippen molar-refractivity contribution in [2.45, 2.75) is 50.6 Å². The molecule has 2 saturated carbocycles. The van der Waals surface area contributed by atoms with E-state index in [0.29, 0.717) is 12.1 Å². The molecule has 148 valence electrons. The van der Waals surface area contributed by atoms with Crippen molar-refractivity contribution in [3.8, 4) is 11.1 Å². The van der Waals surface area contributed by atoms with Crippen molar-refractivity contribution < 1.29 is 4.79 Å². The molecule has 2 N–H and O–H groups in total. The van der Waals surface area contributed by atoms with Gasteiger partial charge in [-0.1, -0.05) is 42.5 Å². The van der Waals surface area contributed by atoms with Gasteiger partial charge in [-0.2, -0.15) is 0 Å². The van der Waals surface area contributed by atoms with Crippen LogP contribution in [-0.4, -0.2) is 36.6 Å². The second-order valence-electron chi connectivity index (χ2n) is 8.34. The van der Waals surface area contributed by atoms with Gasteiger partial charge in [-0.3, -0.25) is 0 Å². The third-order valence-corrected chi connectivity index (χ3v) is 6.20. The molecule has 0 aromatic heterocycles. The zero-order valence-corrected chi connectivity index (χ0v) is 16.7. The quantitative estimate of drug-likeness (QED) is 0.733. The number of urea groups is 1. The van der Waals surface area contributed by atoms with Gasteiger partial charge in [-0.25, -0.2) is 4.79 Å². The van der Waals surface area contributed by atoms with Crippen molar-refractivity contribution in [1.82, 2.24) is 10.2 Å². The second kappa shape index (κ2) is 8.78. The molecule has 2 fully saturated rings. The number of hydrogen-bond acceptors (Lipinski definition) is 2. The lowest BCUT2D eigenvalue weighted by atomic mass is 9.90. The van der Waals surface area contributed by atoms with Crippen LogP contribution in [-0.2, 0) is 0 Å². The third-order valence-electron chi connectivity index (χ3n) is 6.20. The highest BCUT2D eigenvalue weighted by Crippen LogP contribution is 2.29. The van der Waals surface area contributed by atoms with Crippen LogP contribution in [0.3, 0.4) is 0 Å². The summed E-state index contributed by atoms with van der Waals surface area (Å²) in [4.78, 5) is 14.6. The molecule has 0 aliphatic heterocycles. The average Bonchev–Trinajstić information content (AvgIpc) is 3.58. The fourth-order valence-corrected chi connectivity index (χ4v) is 4.08. The van der Waals surface area contributed by atoms with Crippen LogP contribution in [0.2, 0.25) is 0 Å². The molecular formula is C24H31N3O. The highest BCUT2D eigenvalue weighted by molar-refractivity contribution is 5.89. The number of nitrogens with one attached hydrogen (secondary N) is 2. The van der Waals surface area contributed by atoms with E-state index in [1.807, 2.05) is 42.3 Å². The van der Waals surface area contributed by atoms with Gasteiger partial charge in [0.05, 0.1) is 0 Å². The van der Waals surface area contributed by atoms with E-state index in [9.17, 15) is 4.79 Å². The fourth-order valence-electron chi connectivity index (χ4n) is 4.08. The molecule has 0 atom stereocenters. The topological polar surface area (TPSA) is 44.4 Å². The standard InChI is InChI=1S/C24H31N3O/c1-27(23-15-13-21(14-16-23)25-17-18-7-8-18)24(28)26-22-11-9-20(10-12-22)19-5-3-2-4-6-19/h2-6,9-12,18,21,23,25H,7-8,13-17H2,1H3,(H,26,28). The minimum absolute atomic E-state index is 0.0122. The van der Waals surface area contributed by atoms with Crippen molar-refractivity contribution in [3.05, 3.63) is 54.6 Å². The van der Waals surface area contributed by atoms with E-state index >= 15 is 0 Å². The van der Waals surface area contributed by atoms with Crippen molar-refractivity contribution in [2.75, 3.05) is 18.9 Å². The van der Waals surface area contributed by atoms with E-state index in [4.69, 9.17) is 0 Å². The van der Waals surface area contributed by atoms with E-state index in [1.165, 1.54) is 37.8 Å². The molecule has 0 saturated heterocycles. The number of anilines is 1. The first-order chi connectivity index (χ1) is 13.7. The van der Waals surface area contributed by atoms with Gasteiger partial charge in [-0.15, -0.1) is 0 Å². The number of nitrogens with zero attached hydrogens (tertiary/aromatic N) is 1. The molecule has 2 aromatic carbocycles. The maximum Gasteiger partial charge on any atom is 0.321 e. The van der Waals surface area contributed by atoms with Crippen LogP contribution in [0.1, 0.15) is 38.5 Å². The number of carbonyl (C=O) groups is 1. The Kier molecular flexibility index (Phi) is 5.96. The van der Waals surface area contributed by atoms with Crippen LogP contribution in [0.4, 0.5) is 10.5 Å². The molecule has 2 aromatic rings. The summed E-state index contributed by atoms with van der Waals surface area (Å²) in [7, 11) is 1.93. The van der Waals surface area contributed by atoms with Crippen LogP contribution in [0.5, 0.6) is 0 Å². The molecule has 2 aliphatic carbocycles. The summed E-state index contributed by atoms with van der Waals surface area (Å²) in [5.74, 6) is 0.930. The van der Waals surface area contributed by atoms with Crippen LogP contribution >= 0.6 is 0 Å². The van der Waals surface area contributed by atoms with Gasteiger partial charge in [0.1, 0.15) is 0 Å². The number of carbonyl (C=O) groups excluding carboxylic acids is 1. The summed E-state index contributed by atoms with van der Waals surface area (Å²) in [6, 6.07) is 19.3. The summed E-state index contributed by atoms with van der Waals surface area (Å²) in [6.07, 6.45) is 7.30. The van der Waals surface area contributed by atoms with Crippen LogP contribution in [0.15, 0.2) is 54.6 Å². The Morgan fingerprint density at radius 2 is 1.54 bits per heavy atom. The lowest BCUT2D eigenvalue weighted by Crippen LogP contribution is -2.45. The predicted molar refractivity (Wildman–Crippen MR) is 115 cm³/mol. The maximum absolute atomic E-state index is 12.7. The smallest absolute Gasteiger partial charge is 0.321 e. The summed E-state index contributed by atoms with van der Waals surface area (Å²) in [5, 5.41) is 6.76. The van der Waals surface area contributed by atoms with Gasteiger partial charge < -0.3 is 15.5 Å². The molecule has 0 heterocycles. The fraction of sp³-hybridized carbons (Fsp3) is 0.458. The highest BCUT2D eigenvalue weighted by atomic mass is 16.2. The summed E-state index contributed by atoms with van der Waals surface area (Å²) in [6.45, 7) is 1.19. The summed E-state index contributed by atoms with van der Waals surface area (Å²) < 4.78 is 0. The summed E-state index contributed by atoms with van der Waals surface area (Å²) >= 11 is 0. The Morgan fingerprint density at radius 1 is 0.893 bits per heavy atom. The first kappa shape index (κ1) is 19.0. The molecule has 0 spiro atoms. The van der Waals surface area contributed by atoms with E-state index in [1.54, 1.807) is 0 Å². The van der Waals surface area contributed by atoms with Gasteiger partial charge >= 0.3 is 6.03 Å². The Hall–Kier alpha value is -2.33. The molecule has 0 radical (unpaired) electrons. The molecule has 2 aliphatic rings. The zero-order valence-electron chi connectivity index (χ0n) is 16.7. The Bertz CT molecular complexity index is 762. The number of hydrogen-bond donors (Lipinski definition) is 2. The Labute approximate surface area is 168 Å². The van der Waals surface area contributed by atoms with E-state index in [0.717, 1.165) is 30.0 Å². The number of amides is 2. The lowest BCUT2D eigenvalue weighted by molar-refractivity contribution is 0.177. The van der Waals surface area contributed by atoms with Gasteiger partial charge in [0.2, 0.25) is 0 Å². The van der Waals surface area contributed by atoms with E-state index in [-0.39, 0.29) is 6.03 Å². The van der Waals surface area contributed by atoms with Crippen molar-refractivity contribution in [1.29, 1.82) is 0 Å². The number of rotatable bonds is 6. The molecule has 0 unspecified atom stereocenters. The predicted octanol–water partition coefficient (Wildman–Crippen LogP) is 5.13. The lowest BCUT2D eigenvalue weighted by Gasteiger charge is -2.35. The molecule has 4 nitrogen and oxygen atoms in total. The van der Waals surface area contributed by atoms with Crippen LogP contribution in [0.25, 0.3) is 11.1 Å². The largest absolute Gasteiger partial charge is 0.325 e. The minimum atomic E-state index is -0.0122. The first-order valence-corrected chi connectivity index (χ1v) is 10.6. The molecule has 0 bridgehead atoms. The van der Waals surface area contributed by atoms with E-state index < -0.39 is 0 Å². The SMILES string of the molecule is CN(C(=O)Nc1ccc(-c2ccccc2)cc1)C1CCC(NCC2CC2)CC1. The maximum atomic E-state index is 12.7.